The predicted octanol–water partition coefficient (Wildman–Crippen LogP) is 2.86. The van der Waals surface area contributed by atoms with E-state index in [-0.39, 0.29) is 0 Å². The molecule has 0 saturated heterocycles. The zero-order valence-corrected chi connectivity index (χ0v) is 12.4. The molecule has 1 aromatic heterocycles. The van der Waals surface area contributed by atoms with Gasteiger partial charge in [0.25, 0.3) is 0 Å². The SMILES string of the molecule is CCc1ccc(C(F)(F)C(O)(CN)c2ccc(F)cc2F)nc1. The van der Waals surface area contributed by atoms with Crippen molar-refractivity contribution in [3.05, 3.63) is 65.0 Å². The second-order valence-electron chi connectivity index (χ2n) is 5.17. The summed E-state index contributed by atoms with van der Waals surface area (Å²) >= 11 is 0. The van der Waals surface area contributed by atoms with Crippen LogP contribution in [0.1, 0.15) is 23.7 Å². The Bertz CT molecular complexity index is 691. The third kappa shape index (κ3) is 2.94. The predicted molar refractivity (Wildman–Crippen MR) is 76.8 cm³/mol. The molecular weight excluding hydrogens is 312 g/mol. The summed E-state index contributed by atoms with van der Waals surface area (Å²) in [5, 5.41) is 10.4. The van der Waals surface area contributed by atoms with Crippen LogP contribution in [0.15, 0.2) is 36.5 Å². The molecule has 0 amide bonds. The third-order valence-corrected chi connectivity index (χ3v) is 3.75. The van der Waals surface area contributed by atoms with Crippen molar-refractivity contribution in [2.75, 3.05) is 6.54 Å². The fourth-order valence-electron chi connectivity index (χ4n) is 2.26. The highest BCUT2D eigenvalue weighted by Gasteiger charge is 2.56. The molecule has 0 saturated carbocycles. The first-order chi connectivity index (χ1) is 10.8. The van der Waals surface area contributed by atoms with Gasteiger partial charge in [-0.1, -0.05) is 19.1 Å². The van der Waals surface area contributed by atoms with Gasteiger partial charge in [0.15, 0.2) is 5.60 Å². The van der Waals surface area contributed by atoms with Crippen LogP contribution in [0, 0.1) is 11.6 Å². The number of nitrogens with zero attached hydrogens (tertiary/aromatic N) is 1. The maximum absolute atomic E-state index is 14.8. The van der Waals surface area contributed by atoms with E-state index in [2.05, 4.69) is 4.98 Å². The summed E-state index contributed by atoms with van der Waals surface area (Å²) in [7, 11) is 0. The lowest BCUT2D eigenvalue weighted by Crippen LogP contribution is -2.50. The minimum absolute atomic E-state index is 0.416. The van der Waals surface area contributed by atoms with Gasteiger partial charge in [-0.05, 0) is 24.1 Å². The Morgan fingerprint density at radius 1 is 1.17 bits per heavy atom. The second-order valence-corrected chi connectivity index (χ2v) is 5.17. The van der Waals surface area contributed by atoms with Gasteiger partial charge >= 0.3 is 5.92 Å². The van der Waals surface area contributed by atoms with Gasteiger partial charge in [0.1, 0.15) is 17.3 Å². The van der Waals surface area contributed by atoms with Gasteiger partial charge in [-0.25, -0.2) is 8.78 Å². The van der Waals surface area contributed by atoms with Crippen molar-refractivity contribution >= 4 is 0 Å². The molecule has 0 aliphatic carbocycles. The summed E-state index contributed by atoms with van der Waals surface area (Å²) in [6, 6.07) is 4.45. The van der Waals surface area contributed by atoms with Crippen molar-refractivity contribution in [3.63, 3.8) is 0 Å². The number of aliphatic hydroxyl groups is 1. The average molecular weight is 328 g/mol. The molecule has 0 bridgehead atoms. The minimum Gasteiger partial charge on any atom is -0.377 e. The fourth-order valence-corrected chi connectivity index (χ4v) is 2.26. The van der Waals surface area contributed by atoms with Crippen LogP contribution < -0.4 is 5.73 Å². The summed E-state index contributed by atoms with van der Waals surface area (Å²) in [5.41, 5.74) is 1.46. The van der Waals surface area contributed by atoms with Crippen LogP contribution >= 0.6 is 0 Å². The van der Waals surface area contributed by atoms with Gasteiger partial charge in [-0.15, -0.1) is 0 Å². The van der Waals surface area contributed by atoms with Crippen molar-refractivity contribution in [2.24, 2.45) is 5.73 Å². The number of aromatic nitrogens is 1. The maximum Gasteiger partial charge on any atom is 0.323 e. The number of halogens is 4. The molecule has 1 heterocycles. The Hall–Kier alpha value is -1.99. The molecule has 2 aromatic rings. The van der Waals surface area contributed by atoms with Crippen LogP contribution in [-0.2, 0) is 17.9 Å². The largest absolute Gasteiger partial charge is 0.377 e. The lowest BCUT2D eigenvalue weighted by molar-refractivity contribution is -0.193. The minimum atomic E-state index is -3.97. The number of hydrogen-bond donors (Lipinski definition) is 2. The number of rotatable bonds is 5. The molecule has 2 rings (SSSR count). The lowest BCUT2D eigenvalue weighted by atomic mass is 9.84. The van der Waals surface area contributed by atoms with Gasteiger partial charge in [0.05, 0.1) is 0 Å². The number of nitrogens with two attached hydrogens (primary N) is 1. The fraction of sp³-hybridized carbons (Fsp3) is 0.312. The van der Waals surface area contributed by atoms with E-state index in [4.69, 9.17) is 5.73 Å². The molecular formula is C16H16F4N2O. The Kier molecular flexibility index (Phi) is 4.72. The third-order valence-electron chi connectivity index (χ3n) is 3.75. The first-order valence-electron chi connectivity index (χ1n) is 6.97. The van der Waals surface area contributed by atoms with Crippen molar-refractivity contribution in [3.8, 4) is 0 Å². The highest BCUT2D eigenvalue weighted by Crippen LogP contribution is 2.44. The number of alkyl halides is 2. The Balaban J connectivity index is 2.55. The first kappa shape index (κ1) is 17.4. The highest BCUT2D eigenvalue weighted by atomic mass is 19.3. The quantitative estimate of drug-likeness (QED) is 0.830. The van der Waals surface area contributed by atoms with E-state index in [0.717, 1.165) is 23.8 Å². The molecule has 7 heteroatoms. The Morgan fingerprint density at radius 3 is 2.35 bits per heavy atom. The maximum atomic E-state index is 14.8. The smallest absolute Gasteiger partial charge is 0.323 e. The molecule has 1 unspecified atom stereocenters. The molecule has 3 N–H and O–H groups in total. The van der Waals surface area contributed by atoms with E-state index in [1.54, 1.807) is 0 Å². The van der Waals surface area contributed by atoms with Crippen LogP contribution in [0.3, 0.4) is 0 Å². The van der Waals surface area contributed by atoms with Crippen molar-refractivity contribution < 1.29 is 22.7 Å². The standard InChI is InChI=1S/C16H16F4N2O/c1-2-10-3-6-14(22-8-10)16(19,20)15(23,9-21)12-5-4-11(17)7-13(12)18/h3-8,23H,2,9,21H2,1H3. The normalized spacial score (nSPS) is 14.6. The molecule has 0 radical (unpaired) electrons. The van der Waals surface area contributed by atoms with E-state index >= 15 is 0 Å². The Morgan fingerprint density at radius 2 is 1.87 bits per heavy atom. The second kappa shape index (κ2) is 6.25. The first-order valence-corrected chi connectivity index (χ1v) is 6.97. The van der Waals surface area contributed by atoms with E-state index < -0.39 is 41.0 Å². The molecule has 0 aliphatic rings. The number of benzene rings is 1. The summed E-state index contributed by atoms with van der Waals surface area (Å²) in [6.07, 6.45) is 1.85. The summed E-state index contributed by atoms with van der Waals surface area (Å²) in [5.74, 6) is -6.21. The van der Waals surface area contributed by atoms with Crippen LogP contribution in [-0.4, -0.2) is 16.6 Å². The molecule has 23 heavy (non-hydrogen) atoms. The van der Waals surface area contributed by atoms with Gasteiger partial charge < -0.3 is 10.8 Å². The molecule has 124 valence electrons. The van der Waals surface area contributed by atoms with Crippen molar-refractivity contribution in [1.82, 2.24) is 4.98 Å². The van der Waals surface area contributed by atoms with Gasteiger partial charge in [0.2, 0.25) is 0 Å². The van der Waals surface area contributed by atoms with Crippen LogP contribution in [0.25, 0.3) is 0 Å². The van der Waals surface area contributed by atoms with Crippen LogP contribution in [0.4, 0.5) is 17.6 Å². The monoisotopic (exact) mass is 328 g/mol. The number of aryl methyl sites for hydroxylation is 1. The number of hydrogen-bond acceptors (Lipinski definition) is 3. The van der Waals surface area contributed by atoms with E-state index in [9.17, 15) is 22.7 Å². The van der Waals surface area contributed by atoms with Gasteiger partial charge in [-0.3, -0.25) is 4.98 Å². The zero-order valence-electron chi connectivity index (χ0n) is 12.4. The molecule has 0 aliphatic heterocycles. The van der Waals surface area contributed by atoms with E-state index in [1.807, 2.05) is 6.92 Å². The summed E-state index contributed by atoms with van der Waals surface area (Å²) < 4.78 is 56.4. The van der Waals surface area contributed by atoms with Gasteiger partial charge in [0, 0.05) is 24.4 Å². The summed E-state index contributed by atoms with van der Waals surface area (Å²) in [6.45, 7) is 0.860. The zero-order chi connectivity index (χ0) is 17.3. The lowest BCUT2D eigenvalue weighted by Gasteiger charge is -2.35. The molecule has 3 nitrogen and oxygen atoms in total. The molecule has 0 fully saturated rings. The van der Waals surface area contributed by atoms with Crippen LogP contribution in [0.5, 0.6) is 0 Å². The van der Waals surface area contributed by atoms with Crippen LogP contribution in [0.2, 0.25) is 0 Å². The number of pyridine rings is 1. The molecule has 1 atom stereocenters. The average Bonchev–Trinajstić information content (AvgIpc) is 2.54. The molecule has 0 spiro atoms. The van der Waals surface area contributed by atoms with Crippen molar-refractivity contribution in [1.29, 1.82) is 0 Å². The van der Waals surface area contributed by atoms with Crippen molar-refractivity contribution in [2.45, 2.75) is 24.9 Å². The highest BCUT2D eigenvalue weighted by molar-refractivity contribution is 5.32. The van der Waals surface area contributed by atoms with E-state index in [0.29, 0.717) is 12.5 Å². The summed E-state index contributed by atoms with van der Waals surface area (Å²) in [4.78, 5) is 3.65. The van der Waals surface area contributed by atoms with Gasteiger partial charge in [-0.2, -0.15) is 8.78 Å². The topological polar surface area (TPSA) is 59.1 Å². The molecule has 1 aromatic carbocycles. The van der Waals surface area contributed by atoms with E-state index in [1.165, 1.54) is 12.3 Å². The Labute approximate surface area is 130 Å².